The molecule has 0 unspecified atom stereocenters. The van der Waals surface area contributed by atoms with Crippen molar-refractivity contribution in [3.05, 3.63) is 24.5 Å². The van der Waals surface area contributed by atoms with E-state index in [-0.39, 0.29) is 0 Å². The van der Waals surface area contributed by atoms with Crippen LogP contribution in [0.1, 0.15) is 20.8 Å². The quantitative estimate of drug-likeness (QED) is 0.891. The zero-order valence-corrected chi connectivity index (χ0v) is 12.3. The molecule has 1 aromatic rings. The van der Waals surface area contributed by atoms with Crippen molar-refractivity contribution in [2.45, 2.75) is 26.4 Å². The Bertz CT molecular complexity index is 436. The third-order valence-electron chi connectivity index (χ3n) is 2.96. The molecule has 0 radical (unpaired) electrons. The number of hydrogen-bond donors (Lipinski definition) is 1. The second-order valence-electron chi connectivity index (χ2n) is 5.79. The molecule has 6 heteroatoms. The van der Waals surface area contributed by atoms with Gasteiger partial charge in [0, 0.05) is 44.3 Å². The number of anilines is 1. The summed E-state index contributed by atoms with van der Waals surface area (Å²) in [5, 5.41) is 1.89. The van der Waals surface area contributed by atoms with E-state index < -0.39 is 11.7 Å². The van der Waals surface area contributed by atoms with Crippen LogP contribution in [0, 0.1) is 0 Å². The average molecular weight is 278 g/mol. The van der Waals surface area contributed by atoms with Gasteiger partial charge in [-0.15, -0.1) is 0 Å². The number of pyridine rings is 1. The third kappa shape index (κ3) is 4.38. The fourth-order valence-corrected chi connectivity index (χ4v) is 2.06. The molecule has 0 saturated carbocycles. The van der Waals surface area contributed by atoms with Crippen molar-refractivity contribution in [3.8, 4) is 0 Å². The minimum absolute atomic E-state index is 0.394. The molecule has 1 aromatic heterocycles. The van der Waals surface area contributed by atoms with E-state index in [9.17, 15) is 4.79 Å². The number of carbonyl (C=O) groups excluding carboxylic acids is 1. The van der Waals surface area contributed by atoms with Crippen LogP contribution >= 0.6 is 0 Å². The molecule has 1 amide bonds. The van der Waals surface area contributed by atoms with Crippen LogP contribution in [0.2, 0.25) is 0 Å². The number of piperazine rings is 1. The molecule has 1 aliphatic rings. The smallest absolute Gasteiger partial charge is 0.422 e. The molecule has 2 rings (SSSR count). The van der Waals surface area contributed by atoms with E-state index in [1.165, 1.54) is 0 Å². The van der Waals surface area contributed by atoms with Gasteiger partial charge in [-0.3, -0.25) is 10.4 Å². The summed E-state index contributed by atoms with van der Waals surface area (Å²) in [5.41, 5.74) is 3.48. The molecule has 6 nitrogen and oxygen atoms in total. The second kappa shape index (κ2) is 6.09. The first-order chi connectivity index (χ1) is 9.44. The fraction of sp³-hybridized carbons (Fsp3) is 0.571. The summed E-state index contributed by atoms with van der Waals surface area (Å²) in [7, 11) is 0. The van der Waals surface area contributed by atoms with Crippen LogP contribution in [0.15, 0.2) is 24.5 Å². The van der Waals surface area contributed by atoms with Gasteiger partial charge in [-0.05, 0) is 32.9 Å². The third-order valence-corrected chi connectivity index (χ3v) is 2.96. The molecule has 20 heavy (non-hydrogen) atoms. The largest absolute Gasteiger partial charge is 0.443 e. The van der Waals surface area contributed by atoms with Crippen molar-refractivity contribution in [3.63, 3.8) is 0 Å². The standard InChI is InChI=1S/C14H22N4O2/c1-14(2,3)20-13(19)16-18-10-8-17(9-11-18)12-4-6-15-7-5-12/h4-7H,8-11H2,1-3H3,(H,16,19). The molecule has 110 valence electrons. The van der Waals surface area contributed by atoms with E-state index in [0.717, 1.165) is 31.9 Å². The van der Waals surface area contributed by atoms with Gasteiger partial charge in [-0.1, -0.05) is 0 Å². The van der Waals surface area contributed by atoms with Gasteiger partial charge in [-0.25, -0.2) is 9.80 Å². The van der Waals surface area contributed by atoms with Gasteiger partial charge in [0.05, 0.1) is 0 Å². The Hall–Kier alpha value is -1.82. The molecular weight excluding hydrogens is 256 g/mol. The van der Waals surface area contributed by atoms with Gasteiger partial charge >= 0.3 is 6.09 Å². The number of nitrogens with one attached hydrogen (secondary N) is 1. The Kier molecular flexibility index (Phi) is 4.44. The molecule has 0 aromatic carbocycles. The van der Waals surface area contributed by atoms with Crippen molar-refractivity contribution in [1.82, 2.24) is 15.4 Å². The highest BCUT2D eigenvalue weighted by Crippen LogP contribution is 2.14. The van der Waals surface area contributed by atoms with Crippen LogP contribution in [-0.2, 0) is 4.74 Å². The van der Waals surface area contributed by atoms with E-state index in [1.54, 1.807) is 12.4 Å². The number of nitrogens with zero attached hydrogens (tertiary/aromatic N) is 3. The van der Waals surface area contributed by atoms with Gasteiger partial charge in [0.15, 0.2) is 0 Å². The number of ether oxygens (including phenoxy) is 1. The van der Waals surface area contributed by atoms with Gasteiger partial charge in [0.25, 0.3) is 0 Å². The van der Waals surface area contributed by atoms with Gasteiger partial charge in [-0.2, -0.15) is 0 Å². The monoisotopic (exact) mass is 278 g/mol. The lowest BCUT2D eigenvalue weighted by Gasteiger charge is -2.36. The normalized spacial score (nSPS) is 16.9. The summed E-state index contributed by atoms with van der Waals surface area (Å²) in [5.74, 6) is 0. The van der Waals surface area contributed by atoms with Crippen molar-refractivity contribution < 1.29 is 9.53 Å². The number of hydrazine groups is 1. The van der Waals surface area contributed by atoms with Gasteiger partial charge < -0.3 is 9.64 Å². The Morgan fingerprint density at radius 1 is 1.20 bits per heavy atom. The first-order valence-corrected chi connectivity index (χ1v) is 6.83. The number of carbonyl (C=O) groups is 1. The number of rotatable bonds is 2. The highest BCUT2D eigenvalue weighted by Gasteiger charge is 2.21. The lowest BCUT2D eigenvalue weighted by molar-refractivity contribution is 0.0321. The van der Waals surface area contributed by atoms with Crippen molar-refractivity contribution >= 4 is 11.8 Å². The van der Waals surface area contributed by atoms with E-state index >= 15 is 0 Å². The zero-order valence-electron chi connectivity index (χ0n) is 12.3. The van der Waals surface area contributed by atoms with Gasteiger partial charge in [0.2, 0.25) is 0 Å². The van der Waals surface area contributed by atoms with Crippen LogP contribution in [0.4, 0.5) is 10.5 Å². The topological polar surface area (TPSA) is 57.7 Å². The van der Waals surface area contributed by atoms with Crippen LogP contribution in [0.25, 0.3) is 0 Å². The minimum atomic E-state index is -0.469. The lowest BCUT2D eigenvalue weighted by Crippen LogP contribution is -2.54. The predicted molar refractivity (Wildman–Crippen MR) is 77.4 cm³/mol. The number of amides is 1. The lowest BCUT2D eigenvalue weighted by atomic mass is 10.2. The molecule has 1 N–H and O–H groups in total. The van der Waals surface area contributed by atoms with Crippen molar-refractivity contribution in [2.75, 3.05) is 31.1 Å². The summed E-state index contributed by atoms with van der Waals surface area (Å²) in [6, 6.07) is 3.99. The predicted octanol–water partition coefficient (Wildman–Crippen LogP) is 1.64. The van der Waals surface area contributed by atoms with Crippen LogP contribution in [0.3, 0.4) is 0 Å². The van der Waals surface area contributed by atoms with E-state index in [4.69, 9.17) is 4.74 Å². The molecule has 0 atom stereocenters. The summed E-state index contributed by atoms with van der Waals surface area (Å²) in [4.78, 5) is 18.0. The summed E-state index contributed by atoms with van der Waals surface area (Å²) < 4.78 is 5.24. The molecule has 2 heterocycles. The highest BCUT2D eigenvalue weighted by atomic mass is 16.6. The Balaban J connectivity index is 1.79. The van der Waals surface area contributed by atoms with E-state index in [0.29, 0.717) is 0 Å². The number of hydrogen-bond acceptors (Lipinski definition) is 5. The maximum atomic E-state index is 11.7. The second-order valence-corrected chi connectivity index (χ2v) is 5.79. The maximum Gasteiger partial charge on any atom is 0.422 e. The Morgan fingerprint density at radius 2 is 1.80 bits per heavy atom. The molecule has 1 saturated heterocycles. The van der Waals surface area contributed by atoms with E-state index in [2.05, 4.69) is 15.3 Å². The Labute approximate surface area is 119 Å². The fourth-order valence-electron chi connectivity index (χ4n) is 2.06. The molecular formula is C14H22N4O2. The zero-order chi connectivity index (χ0) is 14.6. The molecule has 1 aliphatic heterocycles. The molecule has 1 fully saturated rings. The van der Waals surface area contributed by atoms with Crippen LogP contribution < -0.4 is 10.3 Å². The van der Waals surface area contributed by atoms with Crippen LogP contribution in [-0.4, -0.2) is 47.9 Å². The molecule has 0 spiro atoms. The first kappa shape index (κ1) is 14.6. The van der Waals surface area contributed by atoms with Crippen molar-refractivity contribution in [2.24, 2.45) is 0 Å². The van der Waals surface area contributed by atoms with Crippen molar-refractivity contribution in [1.29, 1.82) is 0 Å². The summed E-state index contributed by atoms with van der Waals surface area (Å²) in [6.07, 6.45) is 3.19. The first-order valence-electron chi connectivity index (χ1n) is 6.83. The summed E-state index contributed by atoms with van der Waals surface area (Å²) >= 11 is 0. The molecule has 0 bridgehead atoms. The van der Waals surface area contributed by atoms with E-state index in [1.807, 2.05) is 37.9 Å². The SMILES string of the molecule is CC(C)(C)OC(=O)NN1CCN(c2ccncc2)CC1. The van der Waals surface area contributed by atoms with Crippen LogP contribution in [0.5, 0.6) is 0 Å². The summed E-state index contributed by atoms with van der Waals surface area (Å²) in [6.45, 7) is 8.82. The minimum Gasteiger partial charge on any atom is -0.443 e. The maximum absolute atomic E-state index is 11.7. The number of aromatic nitrogens is 1. The van der Waals surface area contributed by atoms with Gasteiger partial charge in [0.1, 0.15) is 5.60 Å². The molecule has 0 aliphatic carbocycles. The highest BCUT2D eigenvalue weighted by molar-refractivity contribution is 5.67. The average Bonchev–Trinajstić information content (AvgIpc) is 2.38. The Morgan fingerprint density at radius 3 is 2.35 bits per heavy atom.